The Morgan fingerprint density at radius 3 is 1.31 bits per heavy atom. The number of halogens is 3. The van der Waals surface area contributed by atoms with E-state index < -0.39 is 17.9 Å². The van der Waals surface area contributed by atoms with E-state index in [0.717, 1.165) is 5.28 Å². The van der Waals surface area contributed by atoms with Gasteiger partial charge in [0.05, 0.1) is 0 Å². The summed E-state index contributed by atoms with van der Waals surface area (Å²) in [7, 11) is 0. The van der Waals surface area contributed by atoms with Gasteiger partial charge >= 0.3 is 0 Å². The second-order valence-corrected chi connectivity index (χ2v) is 10.5. The summed E-state index contributed by atoms with van der Waals surface area (Å²) in [6.45, 7) is 8.82. The minimum absolute atomic E-state index is 0.713. The molecule has 4 heteroatoms. The number of hydrogen-bond acceptors (Lipinski definition) is 0. The van der Waals surface area contributed by atoms with Crippen LogP contribution in [-0.4, -0.2) is 17.9 Å². The molecule has 0 aliphatic heterocycles. The lowest BCUT2D eigenvalue weighted by molar-refractivity contribution is 0.702. The van der Waals surface area contributed by atoms with E-state index in [9.17, 15) is 0 Å². The molecule has 0 aromatic heterocycles. The summed E-state index contributed by atoms with van der Waals surface area (Å²) in [5.41, 5.74) is 0. The van der Waals surface area contributed by atoms with E-state index in [2.05, 4.69) is 27.7 Å². The molecule has 0 spiro atoms. The Bertz CT molecular complexity index is 127. The van der Waals surface area contributed by atoms with Crippen LogP contribution in [0.1, 0.15) is 53.4 Å². The van der Waals surface area contributed by atoms with Crippen molar-refractivity contribution in [3.05, 3.63) is 0 Å². The van der Waals surface area contributed by atoms with E-state index in [4.69, 9.17) is 34.8 Å². The third-order valence-corrected chi connectivity index (χ3v) is 7.37. The van der Waals surface area contributed by atoms with Gasteiger partial charge in [-0.3, -0.25) is 0 Å². The summed E-state index contributed by atoms with van der Waals surface area (Å²) < 4.78 is -0.997. The highest BCUT2D eigenvalue weighted by Crippen LogP contribution is 2.33. The molecule has 0 nitrogen and oxygen atoms in total. The minimum Gasteiger partial charge on any atom is -0.0966 e. The van der Waals surface area contributed by atoms with E-state index in [1.165, 1.54) is 36.2 Å². The van der Waals surface area contributed by atoms with Crippen molar-refractivity contribution in [3.63, 3.8) is 0 Å². The van der Waals surface area contributed by atoms with Gasteiger partial charge in [-0.2, -0.15) is 0 Å². The predicted molar refractivity (Wildman–Crippen MR) is 81.6 cm³/mol. The zero-order valence-corrected chi connectivity index (χ0v) is 14.6. The van der Waals surface area contributed by atoms with Crippen LogP contribution in [0.3, 0.4) is 0 Å². The molecule has 0 aromatic rings. The van der Waals surface area contributed by atoms with Gasteiger partial charge in [-0.15, -0.1) is 0 Å². The van der Waals surface area contributed by atoms with Gasteiger partial charge in [-0.1, -0.05) is 98.7 Å². The fourth-order valence-corrected chi connectivity index (χ4v) is 5.18. The quantitative estimate of drug-likeness (QED) is 0.299. The standard InChI is InChI=1S/C6H14.C2H2Cl3.2C2H5.Al/c1-3-5-6-4-2;1-2(3,4)5;2*1-2;/h3-6H2,1-2H3;1H2;2*1H2,2H3;. The fraction of sp³-hybridized carbons (Fsp3) is 1.00. The van der Waals surface area contributed by atoms with Crippen molar-refractivity contribution in [2.24, 2.45) is 0 Å². The minimum atomic E-state index is -0.997. The van der Waals surface area contributed by atoms with Crippen molar-refractivity contribution < 1.29 is 0 Å². The molecule has 0 saturated carbocycles. The van der Waals surface area contributed by atoms with Gasteiger partial charge in [0.25, 0.3) is 14.1 Å². The second-order valence-electron chi connectivity index (χ2n) is 4.21. The maximum absolute atomic E-state index is 5.65. The normalized spacial score (nSPS) is 10.7. The van der Waals surface area contributed by atoms with E-state index in [1.54, 1.807) is 0 Å². The highest BCUT2D eigenvalue weighted by atomic mass is 35.6. The summed E-state index contributed by atoms with van der Waals surface area (Å²) in [6.07, 6.45) is 5.54. The molecule has 0 aliphatic carbocycles. The largest absolute Gasteiger partial charge is 0.267 e. The van der Waals surface area contributed by atoms with Crippen LogP contribution in [0.4, 0.5) is 0 Å². The number of alkyl halides is 3. The number of hydrogen-bond donors (Lipinski definition) is 0. The predicted octanol–water partition coefficient (Wildman–Crippen LogP) is 6.48. The third kappa shape index (κ3) is 17.8. The molecule has 0 aliphatic rings. The van der Waals surface area contributed by atoms with Crippen molar-refractivity contribution in [2.45, 2.75) is 73.0 Å². The van der Waals surface area contributed by atoms with Crippen molar-refractivity contribution in [2.75, 3.05) is 0 Å². The highest BCUT2D eigenvalue weighted by Gasteiger charge is 2.26. The molecule has 98 valence electrons. The van der Waals surface area contributed by atoms with Gasteiger partial charge in [-0.05, 0) is 5.28 Å². The molecular weight excluding hydrogens is 277 g/mol. The topological polar surface area (TPSA) is 0 Å². The van der Waals surface area contributed by atoms with Crippen molar-refractivity contribution in [3.8, 4) is 0 Å². The van der Waals surface area contributed by atoms with E-state index in [0.29, 0.717) is 0 Å². The summed E-state index contributed by atoms with van der Waals surface area (Å²) >= 11 is 16.2. The highest BCUT2D eigenvalue weighted by molar-refractivity contribution is 6.73. The van der Waals surface area contributed by atoms with Gasteiger partial charge < -0.3 is 0 Å². The lowest BCUT2D eigenvalue weighted by Crippen LogP contribution is -2.17. The van der Waals surface area contributed by atoms with Gasteiger partial charge in [0, 0.05) is 0 Å². The van der Waals surface area contributed by atoms with Crippen LogP contribution in [0.25, 0.3) is 0 Å². The summed E-state index contributed by atoms with van der Waals surface area (Å²) in [5.74, 6) is 0. The average Bonchev–Trinajstić information content (AvgIpc) is 2.22. The summed E-state index contributed by atoms with van der Waals surface area (Å²) in [4.78, 5) is 0. The Labute approximate surface area is 121 Å². The Hall–Kier alpha value is 1.40. The van der Waals surface area contributed by atoms with Crippen LogP contribution < -0.4 is 0 Å². The molecule has 0 saturated heterocycles. The molecule has 0 fully saturated rings. The van der Waals surface area contributed by atoms with Crippen LogP contribution in [0, 0.1) is 0 Å². The Kier molecular flexibility index (Phi) is 15.8. The van der Waals surface area contributed by atoms with Gasteiger partial charge in [0.2, 0.25) is 0 Å². The summed E-state index contributed by atoms with van der Waals surface area (Å²) in [5, 5.41) is 3.26. The molecular formula is C12H26AlCl3. The molecule has 0 heterocycles. The average molecular weight is 304 g/mol. The van der Waals surface area contributed by atoms with Crippen molar-refractivity contribution >= 4 is 49.0 Å². The van der Waals surface area contributed by atoms with E-state index in [1.807, 2.05) is 0 Å². The Morgan fingerprint density at radius 2 is 1.19 bits per heavy atom. The molecule has 0 aromatic carbocycles. The van der Waals surface area contributed by atoms with Crippen molar-refractivity contribution in [1.82, 2.24) is 0 Å². The SMILES string of the molecule is CCCCCC.C[CH2][Al]([CH2]C)[CH2]C(Cl)(Cl)Cl. The lowest BCUT2D eigenvalue weighted by Gasteiger charge is -2.13. The van der Waals surface area contributed by atoms with Crippen LogP contribution in [-0.2, 0) is 0 Å². The van der Waals surface area contributed by atoms with Gasteiger partial charge in [0.1, 0.15) is 0 Å². The first kappa shape index (κ1) is 19.7. The van der Waals surface area contributed by atoms with Crippen LogP contribution >= 0.6 is 34.8 Å². The van der Waals surface area contributed by atoms with E-state index in [-0.39, 0.29) is 0 Å². The zero-order valence-electron chi connectivity index (χ0n) is 11.2. The molecule has 0 atom stereocenters. The van der Waals surface area contributed by atoms with Crippen LogP contribution in [0.2, 0.25) is 15.8 Å². The molecule has 0 rings (SSSR count). The molecule has 0 unspecified atom stereocenters. The molecule has 0 radical (unpaired) electrons. The van der Waals surface area contributed by atoms with E-state index >= 15 is 0 Å². The maximum Gasteiger partial charge on any atom is 0.267 e. The number of unbranched alkanes of at least 4 members (excludes halogenated alkanes) is 3. The third-order valence-electron chi connectivity index (χ3n) is 2.63. The summed E-state index contributed by atoms with van der Waals surface area (Å²) in [6, 6.07) is 0. The van der Waals surface area contributed by atoms with Crippen LogP contribution in [0.15, 0.2) is 0 Å². The smallest absolute Gasteiger partial charge is 0.0966 e. The first-order valence-corrected chi connectivity index (χ1v) is 10.1. The zero-order chi connectivity index (χ0) is 13.0. The first-order chi connectivity index (χ1) is 7.41. The fourth-order valence-electron chi connectivity index (χ4n) is 1.40. The monoisotopic (exact) mass is 302 g/mol. The lowest BCUT2D eigenvalue weighted by atomic mass is 10.2. The van der Waals surface area contributed by atoms with Gasteiger partial charge in [-0.25, -0.2) is 0 Å². The Morgan fingerprint density at radius 1 is 0.812 bits per heavy atom. The second kappa shape index (κ2) is 12.8. The molecule has 16 heavy (non-hydrogen) atoms. The van der Waals surface area contributed by atoms with Crippen molar-refractivity contribution in [1.29, 1.82) is 0 Å². The van der Waals surface area contributed by atoms with Gasteiger partial charge in [0.15, 0.2) is 3.79 Å². The molecule has 0 bridgehead atoms. The maximum atomic E-state index is 5.65. The molecule has 0 amide bonds. The van der Waals surface area contributed by atoms with Crippen LogP contribution in [0.5, 0.6) is 0 Å². The Balaban J connectivity index is 0. The molecule has 0 N–H and O–H groups in total. The number of rotatable bonds is 6. The first-order valence-electron chi connectivity index (χ1n) is 6.47.